The number of nitrogens with zero attached hydrogens (tertiary/aromatic N) is 1. The van der Waals surface area contributed by atoms with Gasteiger partial charge in [0.15, 0.2) is 0 Å². The molecule has 0 fully saturated rings. The Bertz CT molecular complexity index is 760. The summed E-state index contributed by atoms with van der Waals surface area (Å²) in [6, 6.07) is 7.05. The number of carbonyl (C=O) groups excluding carboxylic acids is 3. The highest BCUT2D eigenvalue weighted by Crippen LogP contribution is 2.21. The van der Waals surface area contributed by atoms with Crippen LogP contribution >= 0.6 is 0 Å². The van der Waals surface area contributed by atoms with Gasteiger partial charge in [-0.2, -0.15) is 0 Å². The molecule has 0 aliphatic heterocycles. The Kier molecular flexibility index (Phi) is 9.53. The highest BCUT2D eigenvalue weighted by atomic mass is 16.6. The monoisotopic (exact) mass is 435 g/mol. The minimum absolute atomic E-state index is 0.295. The molecule has 1 aromatic carbocycles. The van der Waals surface area contributed by atoms with Gasteiger partial charge in [-0.05, 0) is 78.5 Å². The van der Waals surface area contributed by atoms with E-state index in [0.29, 0.717) is 31.4 Å². The predicted octanol–water partition coefficient (Wildman–Crippen LogP) is 4.62. The Morgan fingerprint density at radius 1 is 1.00 bits per heavy atom. The first-order valence-electron chi connectivity index (χ1n) is 10.6. The largest absolute Gasteiger partial charge is 0.465 e. The maximum atomic E-state index is 12.8. The van der Waals surface area contributed by atoms with Gasteiger partial charge in [0.05, 0.1) is 18.6 Å². The molecule has 0 saturated heterocycles. The Morgan fingerprint density at radius 2 is 1.61 bits per heavy atom. The van der Waals surface area contributed by atoms with E-state index in [0.717, 1.165) is 5.56 Å². The van der Waals surface area contributed by atoms with Crippen LogP contribution < -0.4 is 0 Å². The number of carbonyl (C=O) groups is 3. The molecule has 0 radical (unpaired) electrons. The second-order valence-corrected chi connectivity index (χ2v) is 9.67. The molecule has 1 amide bonds. The summed E-state index contributed by atoms with van der Waals surface area (Å²) in [5.74, 6) is -1.12. The molecule has 31 heavy (non-hydrogen) atoms. The second kappa shape index (κ2) is 11.2. The molecule has 1 unspecified atom stereocenters. The quantitative estimate of drug-likeness (QED) is 0.438. The number of rotatable bonds is 8. The zero-order valence-corrected chi connectivity index (χ0v) is 20.1. The van der Waals surface area contributed by atoms with Gasteiger partial charge in [0.1, 0.15) is 11.2 Å². The molecule has 0 aliphatic rings. The zero-order valence-electron chi connectivity index (χ0n) is 20.1. The van der Waals surface area contributed by atoms with Crippen LogP contribution in [0.15, 0.2) is 24.3 Å². The van der Waals surface area contributed by atoms with Crippen LogP contribution in [-0.4, -0.2) is 54.8 Å². The summed E-state index contributed by atoms with van der Waals surface area (Å²) in [5, 5.41) is 0. The first kappa shape index (κ1) is 26.5. The number of hydrogen-bond donors (Lipinski definition) is 0. The van der Waals surface area contributed by atoms with E-state index in [-0.39, 0.29) is 5.97 Å². The van der Waals surface area contributed by atoms with Gasteiger partial charge in [-0.25, -0.2) is 9.59 Å². The van der Waals surface area contributed by atoms with Crippen LogP contribution in [0.2, 0.25) is 0 Å². The van der Waals surface area contributed by atoms with Crippen LogP contribution in [0.25, 0.3) is 0 Å². The number of hydrogen-bond acceptors (Lipinski definition) is 6. The highest BCUT2D eigenvalue weighted by Gasteiger charge is 2.26. The fraction of sp³-hybridized carbons (Fsp3) is 0.625. The zero-order chi connectivity index (χ0) is 23.8. The van der Waals surface area contributed by atoms with Crippen molar-refractivity contribution in [1.29, 1.82) is 0 Å². The van der Waals surface area contributed by atoms with Crippen molar-refractivity contribution >= 4 is 18.0 Å². The topological polar surface area (TPSA) is 82.1 Å². The van der Waals surface area contributed by atoms with E-state index < -0.39 is 29.2 Å². The van der Waals surface area contributed by atoms with E-state index in [1.165, 1.54) is 12.0 Å². The number of methoxy groups -OCH3 is 1. The van der Waals surface area contributed by atoms with Crippen LogP contribution in [0.5, 0.6) is 0 Å². The lowest BCUT2D eigenvalue weighted by Gasteiger charge is -2.26. The average Bonchev–Trinajstić information content (AvgIpc) is 2.63. The van der Waals surface area contributed by atoms with E-state index in [9.17, 15) is 14.4 Å². The molecule has 0 N–H and O–H groups in total. The first-order chi connectivity index (χ1) is 14.2. The molecular weight excluding hydrogens is 398 g/mol. The molecule has 1 aromatic rings. The maximum absolute atomic E-state index is 12.8. The van der Waals surface area contributed by atoms with Crippen molar-refractivity contribution in [2.24, 2.45) is 5.92 Å². The molecule has 0 aliphatic carbocycles. The van der Waals surface area contributed by atoms with Gasteiger partial charge in [0.25, 0.3) is 0 Å². The molecule has 0 aromatic heterocycles. The van der Waals surface area contributed by atoms with E-state index >= 15 is 0 Å². The summed E-state index contributed by atoms with van der Waals surface area (Å²) >= 11 is 0. The maximum Gasteiger partial charge on any atom is 0.410 e. The summed E-state index contributed by atoms with van der Waals surface area (Å²) < 4.78 is 15.7. The van der Waals surface area contributed by atoms with E-state index in [4.69, 9.17) is 14.2 Å². The van der Waals surface area contributed by atoms with Crippen molar-refractivity contribution in [3.05, 3.63) is 35.4 Å². The van der Waals surface area contributed by atoms with Crippen molar-refractivity contribution in [3.63, 3.8) is 0 Å². The Hall–Kier alpha value is -2.57. The molecule has 7 heteroatoms. The highest BCUT2D eigenvalue weighted by molar-refractivity contribution is 5.89. The van der Waals surface area contributed by atoms with Gasteiger partial charge in [-0.3, -0.25) is 4.79 Å². The van der Waals surface area contributed by atoms with Crippen molar-refractivity contribution in [2.75, 3.05) is 20.7 Å². The predicted molar refractivity (Wildman–Crippen MR) is 119 cm³/mol. The first-order valence-corrected chi connectivity index (χ1v) is 10.6. The fourth-order valence-electron chi connectivity index (χ4n) is 2.92. The van der Waals surface area contributed by atoms with Crippen LogP contribution in [0.4, 0.5) is 4.79 Å². The lowest BCUT2D eigenvalue weighted by molar-refractivity contribution is -0.160. The van der Waals surface area contributed by atoms with Gasteiger partial charge in [0.2, 0.25) is 0 Å². The summed E-state index contributed by atoms with van der Waals surface area (Å²) in [6.45, 7) is 11.4. The second-order valence-electron chi connectivity index (χ2n) is 9.67. The number of amides is 1. The number of benzene rings is 1. The molecule has 7 nitrogen and oxygen atoms in total. The van der Waals surface area contributed by atoms with Crippen molar-refractivity contribution in [1.82, 2.24) is 4.90 Å². The van der Waals surface area contributed by atoms with Gasteiger partial charge in [-0.15, -0.1) is 0 Å². The standard InChI is InChI=1S/C24H37NO6/c1-23(2,3)30-21(27)19(13-10-14-25(7)22(28)31-24(4,5)6)16-17-11-9-12-18(15-17)20(26)29-8/h9,11-12,15,19H,10,13-14,16H2,1-8H3. The summed E-state index contributed by atoms with van der Waals surface area (Å²) in [4.78, 5) is 38.3. The Morgan fingerprint density at radius 3 is 2.16 bits per heavy atom. The van der Waals surface area contributed by atoms with Gasteiger partial charge in [0, 0.05) is 13.6 Å². The third kappa shape index (κ3) is 10.3. The Labute approximate surface area is 186 Å². The summed E-state index contributed by atoms with van der Waals surface area (Å²) in [5.41, 5.74) is 0.123. The Balaban J connectivity index is 2.85. The molecule has 0 spiro atoms. The van der Waals surface area contributed by atoms with Crippen molar-refractivity contribution in [3.8, 4) is 0 Å². The smallest absolute Gasteiger partial charge is 0.410 e. The third-order valence-corrected chi connectivity index (χ3v) is 4.32. The molecule has 174 valence electrons. The van der Waals surface area contributed by atoms with Gasteiger partial charge in [-0.1, -0.05) is 12.1 Å². The molecule has 0 bridgehead atoms. The lowest BCUT2D eigenvalue weighted by atomic mass is 9.93. The average molecular weight is 436 g/mol. The molecule has 0 heterocycles. The SMILES string of the molecule is COC(=O)c1cccc(CC(CCCN(C)C(=O)OC(C)(C)C)C(=O)OC(C)(C)C)c1. The number of ether oxygens (including phenoxy) is 3. The van der Waals surface area contributed by atoms with Crippen molar-refractivity contribution in [2.45, 2.75) is 72.0 Å². The normalized spacial score (nSPS) is 12.6. The van der Waals surface area contributed by atoms with Crippen LogP contribution in [0.1, 0.15) is 70.3 Å². The summed E-state index contributed by atoms with van der Waals surface area (Å²) in [7, 11) is 3.01. The molecule has 1 rings (SSSR count). The van der Waals surface area contributed by atoms with E-state index in [1.807, 2.05) is 47.6 Å². The summed E-state index contributed by atoms with van der Waals surface area (Å²) in [6.07, 6.45) is 1.17. The third-order valence-electron chi connectivity index (χ3n) is 4.32. The van der Waals surface area contributed by atoms with Gasteiger partial charge < -0.3 is 19.1 Å². The molecule has 0 saturated carbocycles. The minimum Gasteiger partial charge on any atom is -0.465 e. The van der Waals surface area contributed by atoms with Gasteiger partial charge >= 0.3 is 18.0 Å². The van der Waals surface area contributed by atoms with E-state index in [2.05, 4.69) is 0 Å². The van der Waals surface area contributed by atoms with E-state index in [1.54, 1.807) is 25.2 Å². The minimum atomic E-state index is -0.601. The fourth-order valence-corrected chi connectivity index (χ4v) is 2.92. The lowest BCUT2D eigenvalue weighted by Crippen LogP contribution is -2.35. The van der Waals surface area contributed by atoms with Crippen LogP contribution in [0.3, 0.4) is 0 Å². The van der Waals surface area contributed by atoms with Crippen LogP contribution in [0, 0.1) is 5.92 Å². The molecular formula is C24H37NO6. The van der Waals surface area contributed by atoms with Crippen molar-refractivity contribution < 1.29 is 28.6 Å². The van der Waals surface area contributed by atoms with Crippen LogP contribution in [-0.2, 0) is 25.4 Å². The number of esters is 2. The molecule has 1 atom stereocenters.